The first-order chi connectivity index (χ1) is 5.35. The smallest absolute Gasteiger partial charge is 0.0135 e. The molecular weight excluding hydrogens is 164 g/mol. The van der Waals surface area contributed by atoms with Crippen LogP contribution in [0.1, 0.15) is 5.56 Å². The first-order valence-electron chi connectivity index (χ1n) is 4.39. The van der Waals surface area contributed by atoms with Crippen LogP contribution in [0.5, 0.6) is 0 Å². The van der Waals surface area contributed by atoms with Crippen LogP contribution in [-0.2, 0) is 6.04 Å². The lowest BCUT2D eigenvalue weighted by Gasteiger charge is -1.89. The predicted molar refractivity (Wildman–Crippen MR) is 60.4 cm³/mol. The van der Waals surface area contributed by atoms with Crippen molar-refractivity contribution in [1.82, 2.24) is 0 Å². The van der Waals surface area contributed by atoms with Crippen molar-refractivity contribution in [1.29, 1.82) is 0 Å². The second kappa shape index (κ2) is 7.76. The lowest BCUT2D eigenvalue weighted by molar-refractivity contribution is 1.40. The zero-order valence-electron chi connectivity index (χ0n) is 7.80. The standard InChI is InChI=1S/C7H10Si.C2H8Si/c8-6-7-4-2-1-3-5-7;1-3-2/h1-5H,6H2,8H3;3H2,1-2H3. The van der Waals surface area contributed by atoms with Gasteiger partial charge in [0.15, 0.2) is 0 Å². The molecule has 0 heterocycles. The topological polar surface area (TPSA) is 0 Å². The van der Waals surface area contributed by atoms with Crippen LogP contribution in [0.15, 0.2) is 30.3 Å². The lowest BCUT2D eigenvalue weighted by atomic mass is 10.2. The van der Waals surface area contributed by atoms with Gasteiger partial charge in [-0.25, -0.2) is 0 Å². The maximum atomic E-state index is 2.26. The van der Waals surface area contributed by atoms with Gasteiger partial charge >= 0.3 is 0 Å². The summed E-state index contributed by atoms with van der Waals surface area (Å²) in [6.45, 7) is 4.53. The lowest BCUT2D eigenvalue weighted by Crippen LogP contribution is -1.78. The van der Waals surface area contributed by atoms with Gasteiger partial charge in [0.25, 0.3) is 0 Å². The minimum Gasteiger partial charge on any atom is -0.0750 e. The van der Waals surface area contributed by atoms with Gasteiger partial charge in [-0.05, 0) is 6.04 Å². The SMILES string of the molecule is C[SiH2]C.[SiH3]Cc1ccccc1. The summed E-state index contributed by atoms with van der Waals surface area (Å²) in [5.41, 5.74) is 1.47. The van der Waals surface area contributed by atoms with Gasteiger partial charge in [0.2, 0.25) is 0 Å². The Morgan fingerprint density at radius 3 is 1.91 bits per heavy atom. The summed E-state index contributed by atoms with van der Waals surface area (Å²) in [4.78, 5) is 0. The van der Waals surface area contributed by atoms with Gasteiger partial charge in [-0.3, -0.25) is 0 Å². The van der Waals surface area contributed by atoms with E-state index in [-0.39, 0.29) is 0 Å². The van der Waals surface area contributed by atoms with Crippen molar-refractivity contribution in [2.75, 3.05) is 0 Å². The van der Waals surface area contributed by atoms with Crippen LogP contribution >= 0.6 is 0 Å². The fourth-order valence-electron chi connectivity index (χ4n) is 0.714. The molecule has 0 saturated heterocycles. The summed E-state index contributed by atoms with van der Waals surface area (Å²) >= 11 is 0. The summed E-state index contributed by atoms with van der Waals surface area (Å²) in [6, 6.07) is 11.9. The summed E-state index contributed by atoms with van der Waals surface area (Å²) < 4.78 is 0. The minimum atomic E-state index is 0.417. The third-order valence-corrected chi connectivity index (χ3v) is 2.07. The highest BCUT2D eigenvalue weighted by atomic mass is 28.2. The highest BCUT2D eigenvalue weighted by Gasteiger charge is 1.80. The van der Waals surface area contributed by atoms with Crippen LogP contribution < -0.4 is 0 Å². The molecule has 0 amide bonds. The van der Waals surface area contributed by atoms with E-state index < -0.39 is 0 Å². The molecule has 0 aliphatic heterocycles. The number of rotatable bonds is 1. The van der Waals surface area contributed by atoms with Crippen LogP contribution in [0.2, 0.25) is 13.1 Å². The van der Waals surface area contributed by atoms with Crippen molar-refractivity contribution in [3.05, 3.63) is 35.9 Å². The molecule has 0 aliphatic carbocycles. The molecule has 0 aliphatic rings. The maximum absolute atomic E-state index is 2.26. The molecule has 1 aromatic carbocycles. The van der Waals surface area contributed by atoms with Crippen molar-refractivity contribution in [3.63, 3.8) is 0 Å². The molecule has 0 unspecified atom stereocenters. The average molecular weight is 182 g/mol. The van der Waals surface area contributed by atoms with E-state index >= 15 is 0 Å². The van der Waals surface area contributed by atoms with Crippen LogP contribution in [0.3, 0.4) is 0 Å². The molecule has 0 saturated carbocycles. The highest BCUT2D eigenvalue weighted by Crippen LogP contribution is 1.95. The van der Waals surface area contributed by atoms with Crippen LogP contribution in [0, 0.1) is 0 Å². The Labute approximate surface area is 75.3 Å². The number of hydrogen-bond donors (Lipinski definition) is 0. The predicted octanol–water partition coefficient (Wildman–Crippen LogP) is 0.803. The first-order valence-corrected chi connectivity index (χ1v) is 8.63. The molecule has 2 heteroatoms. The van der Waals surface area contributed by atoms with Crippen molar-refractivity contribution >= 4 is 19.8 Å². The Kier molecular flexibility index (Phi) is 7.51. The second-order valence-electron chi connectivity index (χ2n) is 2.55. The maximum Gasteiger partial charge on any atom is 0.0135 e. The van der Waals surface area contributed by atoms with Crippen LogP contribution in [0.25, 0.3) is 0 Å². The van der Waals surface area contributed by atoms with E-state index in [2.05, 4.69) is 43.4 Å². The Morgan fingerprint density at radius 2 is 1.64 bits per heavy atom. The summed E-state index contributed by atoms with van der Waals surface area (Å²) in [5.74, 6) is 0. The monoisotopic (exact) mass is 182 g/mol. The van der Waals surface area contributed by atoms with Crippen molar-refractivity contribution in [2.45, 2.75) is 19.1 Å². The van der Waals surface area contributed by atoms with E-state index in [1.807, 2.05) is 0 Å². The summed E-state index contributed by atoms with van der Waals surface area (Å²) in [7, 11) is 1.69. The van der Waals surface area contributed by atoms with Gasteiger partial charge < -0.3 is 0 Å². The van der Waals surface area contributed by atoms with E-state index in [9.17, 15) is 0 Å². The largest absolute Gasteiger partial charge is 0.0750 e. The molecule has 0 aromatic heterocycles. The molecule has 0 atom stereocenters. The minimum absolute atomic E-state index is 0.417. The molecule has 1 rings (SSSR count). The van der Waals surface area contributed by atoms with E-state index in [0.29, 0.717) is 9.52 Å². The van der Waals surface area contributed by atoms with Gasteiger partial charge in [-0.15, -0.1) is 0 Å². The Morgan fingerprint density at radius 1 is 1.18 bits per heavy atom. The molecule has 0 fully saturated rings. The van der Waals surface area contributed by atoms with E-state index in [4.69, 9.17) is 0 Å². The highest BCUT2D eigenvalue weighted by molar-refractivity contribution is 6.31. The number of benzene rings is 1. The Hall–Kier alpha value is -0.346. The van der Waals surface area contributed by atoms with Gasteiger partial charge in [0, 0.05) is 19.8 Å². The normalized spacial score (nSPS) is 8.55. The Bertz CT molecular complexity index is 160. The van der Waals surface area contributed by atoms with Crippen LogP contribution in [0.4, 0.5) is 0 Å². The Balaban J connectivity index is 0.000000292. The van der Waals surface area contributed by atoms with Crippen molar-refractivity contribution < 1.29 is 0 Å². The van der Waals surface area contributed by atoms with E-state index in [1.165, 1.54) is 21.9 Å². The molecule has 0 nitrogen and oxygen atoms in total. The quantitative estimate of drug-likeness (QED) is 0.564. The third kappa shape index (κ3) is 6.07. The van der Waals surface area contributed by atoms with Gasteiger partial charge in [0.05, 0.1) is 0 Å². The van der Waals surface area contributed by atoms with Crippen molar-refractivity contribution in [3.8, 4) is 0 Å². The van der Waals surface area contributed by atoms with E-state index in [0.717, 1.165) is 0 Å². The van der Waals surface area contributed by atoms with Crippen LogP contribution in [-0.4, -0.2) is 19.8 Å². The van der Waals surface area contributed by atoms with Gasteiger partial charge in [0.1, 0.15) is 0 Å². The molecule has 0 radical (unpaired) electrons. The van der Waals surface area contributed by atoms with Crippen molar-refractivity contribution in [2.24, 2.45) is 0 Å². The molecule has 11 heavy (non-hydrogen) atoms. The number of hydrogen-bond acceptors (Lipinski definition) is 0. The summed E-state index contributed by atoms with van der Waals surface area (Å²) in [6.07, 6.45) is 0. The second-order valence-corrected chi connectivity index (χ2v) is 4.67. The van der Waals surface area contributed by atoms with Gasteiger partial charge in [-0.1, -0.05) is 49.0 Å². The zero-order valence-corrected chi connectivity index (χ0v) is 11.2. The van der Waals surface area contributed by atoms with Gasteiger partial charge in [-0.2, -0.15) is 0 Å². The molecule has 0 spiro atoms. The molecule has 0 N–H and O–H groups in total. The molecule has 1 aromatic rings. The first kappa shape index (κ1) is 10.7. The zero-order chi connectivity index (χ0) is 8.53. The van der Waals surface area contributed by atoms with E-state index in [1.54, 1.807) is 0 Å². The third-order valence-electron chi connectivity index (χ3n) is 1.25. The fourth-order valence-corrected chi connectivity index (χ4v) is 1.19. The average Bonchev–Trinajstić information content (AvgIpc) is 2.08. The molecule has 0 bridgehead atoms. The molecule has 62 valence electrons. The summed E-state index contributed by atoms with van der Waals surface area (Å²) in [5, 5.41) is 0. The molecular formula is C9H18Si2. The fraction of sp³-hybridized carbons (Fsp3) is 0.333.